The zero-order valence-corrected chi connectivity index (χ0v) is 22.8. The van der Waals surface area contributed by atoms with Crippen LogP contribution in [0.1, 0.15) is 32.6 Å². The molecule has 0 spiro atoms. The molecule has 3 aromatic rings. The van der Waals surface area contributed by atoms with Crippen molar-refractivity contribution in [3.8, 4) is 0 Å². The van der Waals surface area contributed by atoms with E-state index in [0.29, 0.717) is 5.56 Å². The first-order valence-electron chi connectivity index (χ1n) is 12.5. The molecule has 2 fully saturated rings. The molecule has 1 aromatic heterocycles. The normalized spacial score (nSPS) is 24.8. The molecule has 3 heterocycles. The summed E-state index contributed by atoms with van der Waals surface area (Å²) in [6, 6.07) is 19.7. The highest BCUT2D eigenvalue weighted by molar-refractivity contribution is 6.99. The predicted octanol–water partition coefficient (Wildman–Crippen LogP) is 2.77. The van der Waals surface area contributed by atoms with Gasteiger partial charge in [-0.15, -0.1) is 0 Å². The van der Waals surface area contributed by atoms with Crippen LogP contribution in [0.3, 0.4) is 0 Å². The second kappa shape index (κ2) is 9.68. The molecule has 2 bridgehead atoms. The van der Waals surface area contributed by atoms with Crippen LogP contribution in [0.4, 0.5) is 0 Å². The molecular formula is C27H31N5O5Si. The van der Waals surface area contributed by atoms with E-state index in [-0.39, 0.29) is 18.3 Å². The molecule has 0 aliphatic carbocycles. The van der Waals surface area contributed by atoms with Gasteiger partial charge in [0, 0.05) is 16.7 Å². The molecule has 2 aliphatic heterocycles. The summed E-state index contributed by atoms with van der Waals surface area (Å²) in [6.07, 6.45) is -0.151. The molecular weight excluding hydrogens is 502 g/mol. The highest BCUT2D eigenvalue weighted by Crippen LogP contribution is 2.48. The van der Waals surface area contributed by atoms with Crippen molar-refractivity contribution in [1.82, 2.24) is 9.55 Å². The molecule has 38 heavy (non-hydrogen) atoms. The number of aryl methyl sites for hydroxylation is 1. The van der Waals surface area contributed by atoms with Crippen LogP contribution in [0, 0.1) is 6.92 Å². The van der Waals surface area contributed by atoms with Gasteiger partial charge < -0.3 is 13.9 Å². The summed E-state index contributed by atoms with van der Waals surface area (Å²) in [5.41, 5.74) is 7.56. The number of fused-ring (bicyclic) bond motifs is 2. The minimum Gasteiger partial charge on any atom is -0.404 e. The highest BCUT2D eigenvalue weighted by atomic mass is 28.4. The number of rotatable bonds is 7. The number of aromatic amines is 1. The molecule has 0 saturated carbocycles. The lowest BCUT2D eigenvalue weighted by atomic mass is 9.98. The molecule has 0 amide bonds. The molecule has 2 aliphatic rings. The smallest absolute Gasteiger partial charge is 0.330 e. The Morgan fingerprint density at radius 2 is 1.74 bits per heavy atom. The number of nitrogens with zero attached hydrogens (tertiary/aromatic N) is 4. The Labute approximate surface area is 220 Å². The minimum atomic E-state index is -2.93. The Bertz CT molecular complexity index is 1440. The number of azide groups is 1. The van der Waals surface area contributed by atoms with Gasteiger partial charge >= 0.3 is 5.69 Å². The summed E-state index contributed by atoms with van der Waals surface area (Å²) in [5, 5.41) is 5.99. The number of nitrogens with one attached hydrogen (secondary N) is 1. The molecule has 0 unspecified atom stereocenters. The van der Waals surface area contributed by atoms with Crippen molar-refractivity contribution >= 4 is 18.7 Å². The molecule has 5 rings (SSSR count). The van der Waals surface area contributed by atoms with Gasteiger partial charge in [0.25, 0.3) is 13.9 Å². The first-order chi connectivity index (χ1) is 18.1. The maximum Gasteiger partial charge on any atom is 0.330 e. The number of benzene rings is 2. The first kappa shape index (κ1) is 26.1. The number of hydrogen-bond acceptors (Lipinski definition) is 6. The van der Waals surface area contributed by atoms with Gasteiger partial charge in [-0.05, 0) is 27.9 Å². The average Bonchev–Trinajstić information content (AvgIpc) is 3.39. The second-order valence-corrected chi connectivity index (χ2v) is 15.2. The quantitative estimate of drug-likeness (QED) is 0.216. The summed E-state index contributed by atoms with van der Waals surface area (Å²) in [5.74, 6) is 0. The van der Waals surface area contributed by atoms with Crippen LogP contribution in [-0.4, -0.2) is 48.8 Å². The lowest BCUT2D eigenvalue weighted by Gasteiger charge is -2.45. The molecule has 11 heteroatoms. The van der Waals surface area contributed by atoms with Crippen molar-refractivity contribution in [3.05, 3.63) is 104 Å². The molecule has 10 nitrogen and oxygen atoms in total. The molecule has 1 N–H and O–H groups in total. The second-order valence-electron chi connectivity index (χ2n) is 10.9. The van der Waals surface area contributed by atoms with Crippen LogP contribution < -0.4 is 21.6 Å². The standard InChI is InChI=1S/C27H31N5O5Si/c1-18-15-32(25(34)29-23(18)33)24-21-22(30-31-28)27(37-24,16-35-21)17-36-38(26(2,3)4,19-11-7-5-8-12-19)20-13-9-6-10-14-20/h5-15,21-22,24H,16-17H2,1-4H3,(H,29,33,34)/t21-,22+,24-,27-/m1/s1. The van der Waals surface area contributed by atoms with Crippen molar-refractivity contribution < 1.29 is 13.9 Å². The third kappa shape index (κ3) is 4.13. The predicted molar refractivity (Wildman–Crippen MR) is 145 cm³/mol. The summed E-state index contributed by atoms with van der Waals surface area (Å²) < 4.78 is 21.0. The Kier molecular flexibility index (Phi) is 6.66. The van der Waals surface area contributed by atoms with Crippen LogP contribution in [0.2, 0.25) is 5.04 Å². The lowest BCUT2D eigenvalue weighted by Crippen LogP contribution is -2.68. The molecule has 0 radical (unpaired) electrons. The van der Waals surface area contributed by atoms with E-state index >= 15 is 0 Å². The fraction of sp³-hybridized carbons (Fsp3) is 0.407. The summed E-state index contributed by atoms with van der Waals surface area (Å²) in [6.45, 7) is 8.38. The molecule has 2 saturated heterocycles. The third-order valence-electron chi connectivity index (χ3n) is 7.55. The number of ether oxygens (including phenoxy) is 2. The molecule has 4 atom stereocenters. The van der Waals surface area contributed by atoms with Crippen LogP contribution in [0.25, 0.3) is 10.4 Å². The Morgan fingerprint density at radius 3 is 2.29 bits per heavy atom. The summed E-state index contributed by atoms with van der Waals surface area (Å²) >= 11 is 0. The first-order valence-corrected chi connectivity index (χ1v) is 14.4. The van der Waals surface area contributed by atoms with E-state index in [4.69, 9.17) is 13.9 Å². The molecule has 198 valence electrons. The van der Waals surface area contributed by atoms with Crippen molar-refractivity contribution in [2.75, 3.05) is 13.2 Å². The van der Waals surface area contributed by atoms with Gasteiger partial charge in [0.05, 0.1) is 13.2 Å². The van der Waals surface area contributed by atoms with Crippen molar-refractivity contribution in [2.45, 2.75) is 56.7 Å². The fourth-order valence-corrected chi connectivity index (χ4v) is 10.3. The Balaban J connectivity index is 1.58. The van der Waals surface area contributed by atoms with E-state index < -0.39 is 43.5 Å². The maximum atomic E-state index is 12.7. The Hall–Kier alpha value is -3.47. The van der Waals surface area contributed by atoms with Gasteiger partial charge in [-0.2, -0.15) is 0 Å². The third-order valence-corrected chi connectivity index (χ3v) is 12.5. The van der Waals surface area contributed by atoms with Gasteiger partial charge in [0.2, 0.25) is 0 Å². The van der Waals surface area contributed by atoms with Crippen LogP contribution in [0.5, 0.6) is 0 Å². The zero-order valence-electron chi connectivity index (χ0n) is 21.8. The molecule has 2 aromatic carbocycles. The fourth-order valence-electron chi connectivity index (χ4n) is 5.73. The van der Waals surface area contributed by atoms with Gasteiger partial charge in [0.15, 0.2) is 6.23 Å². The topological polar surface area (TPSA) is 131 Å². The van der Waals surface area contributed by atoms with Gasteiger partial charge in [0.1, 0.15) is 17.7 Å². The highest BCUT2D eigenvalue weighted by Gasteiger charge is 2.63. The van der Waals surface area contributed by atoms with Gasteiger partial charge in [-0.3, -0.25) is 14.3 Å². The van der Waals surface area contributed by atoms with Crippen molar-refractivity contribution in [2.24, 2.45) is 5.11 Å². The maximum absolute atomic E-state index is 12.7. The summed E-state index contributed by atoms with van der Waals surface area (Å²) in [4.78, 5) is 30.0. The van der Waals surface area contributed by atoms with Gasteiger partial charge in [-0.25, -0.2) is 4.79 Å². The number of H-pyrrole nitrogens is 1. The van der Waals surface area contributed by atoms with E-state index in [9.17, 15) is 15.1 Å². The van der Waals surface area contributed by atoms with E-state index in [2.05, 4.69) is 60.0 Å². The monoisotopic (exact) mass is 533 g/mol. The lowest BCUT2D eigenvalue weighted by molar-refractivity contribution is -0.183. The summed E-state index contributed by atoms with van der Waals surface area (Å²) in [7, 11) is -2.93. The van der Waals surface area contributed by atoms with Crippen molar-refractivity contribution in [3.63, 3.8) is 0 Å². The number of hydrogen-bond donors (Lipinski definition) is 1. The van der Waals surface area contributed by atoms with Crippen LogP contribution in [0.15, 0.2) is 81.6 Å². The van der Waals surface area contributed by atoms with E-state index in [0.717, 1.165) is 10.4 Å². The average molecular weight is 534 g/mol. The van der Waals surface area contributed by atoms with Crippen LogP contribution >= 0.6 is 0 Å². The number of aromatic nitrogens is 2. The van der Waals surface area contributed by atoms with E-state index in [1.54, 1.807) is 6.92 Å². The van der Waals surface area contributed by atoms with Crippen LogP contribution in [-0.2, 0) is 13.9 Å². The van der Waals surface area contributed by atoms with E-state index in [1.807, 2.05) is 36.4 Å². The largest absolute Gasteiger partial charge is 0.404 e. The van der Waals surface area contributed by atoms with E-state index in [1.165, 1.54) is 10.8 Å². The zero-order chi connectivity index (χ0) is 27.1. The Morgan fingerprint density at radius 1 is 1.13 bits per heavy atom. The van der Waals surface area contributed by atoms with Crippen molar-refractivity contribution in [1.29, 1.82) is 0 Å². The SMILES string of the molecule is Cc1cn([C@@H]2O[C@@]3(CO[Si](c4ccccc4)(c4ccccc4)C(C)(C)C)CO[C@@H]2[C@@H]3N=[N+]=[N-])c(=O)[nH]c1=O. The van der Waals surface area contributed by atoms with Gasteiger partial charge in [-0.1, -0.05) is 86.5 Å². The minimum absolute atomic E-state index is 0.0913.